The molecule has 1 amide bonds. The molecule has 3 nitrogen and oxygen atoms in total. The highest BCUT2D eigenvalue weighted by atomic mass is 16.5. The van der Waals surface area contributed by atoms with Crippen molar-refractivity contribution >= 4 is 11.6 Å². The van der Waals surface area contributed by atoms with Gasteiger partial charge < -0.3 is 10.1 Å². The van der Waals surface area contributed by atoms with Gasteiger partial charge in [-0.1, -0.05) is 12.2 Å². The minimum atomic E-state index is 0.191. The number of hydrogen-bond acceptors (Lipinski definition) is 2. The van der Waals surface area contributed by atoms with Crippen LogP contribution in [0.25, 0.3) is 0 Å². The van der Waals surface area contributed by atoms with Crippen LogP contribution < -0.4 is 10.1 Å². The quantitative estimate of drug-likeness (QED) is 0.849. The number of hydrogen-bond donors (Lipinski definition) is 1. The highest BCUT2D eigenvalue weighted by Crippen LogP contribution is 2.53. The maximum absolute atomic E-state index is 12.4. The van der Waals surface area contributed by atoms with Gasteiger partial charge in [0, 0.05) is 11.6 Å². The van der Waals surface area contributed by atoms with E-state index in [1.807, 2.05) is 31.2 Å². The van der Waals surface area contributed by atoms with Crippen molar-refractivity contribution < 1.29 is 9.53 Å². The summed E-state index contributed by atoms with van der Waals surface area (Å²) in [7, 11) is 0. The van der Waals surface area contributed by atoms with Crippen molar-refractivity contribution in [3.63, 3.8) is 0 Å². The molecule has 3 atom stereocenters. The van der Waals surface area contributed by atoms with Gasteiger partial charge in [-0.05, 0) is 68.7 Å². The lowest BCUT2D eigenvalue weighted by Crippen LogP contribution is -2.15. The van der Waals surface area contributed by atoms with Crippen LogP contribution in [-0.4, -0.2) is 12.5 Å². The lowest BCUT2D eigenvalue weighted by molar-refractivity contribution is -0.117. The Hall–Kier alpha value is -1.77. The zero-order chi connectivity index (χ0) is 14.7. The van der Waals surface area contributed by atoms with Gasteiger partial charge in [0.1, 0.15) is 5.75 Å². The predicted molar refractivity (Wildman–Crippen MR) is 84.3 cm³/mol. The van der Waals surface area contributed by atoms with Crippen molar-refractivity contribution in [1.29, 1.82) is 0 Å². The molecule has 1 aromatic rings. The van der Waals surface area contributed by atoms with E-state index in [1.165, 1.54) is 0 Å². The lowest BCUT2D eigenvalue weighted by atomic mass is 10.1. The summed E-state index contributed by atoms with van der Waals surface area (Å²) in [6, 6.07) is 7.63. The third-order valence-electron chi connectivity index (χ3n) is 4.57. The maximum atomic E-state index is 12.4. The number of rotatable bonds is 4. The van der Waals surface area contributed by atoms with Gasteiger partial charge in [-0.2, -0.15) is 0 Å². The van der Waals surface area contributed by atoms with Crippen LogP contribution in [0.4, 0.5) is 5.69 Å². The number of ether oxygens (including phenoxy) is 1. The molecule has 0 aliphatic heterocycles. The molecule has 0 spiro atoms. The minimum absolute atomic E-state index is 0.191. The van der Waals surface area contributed by atoms with Crippen molar-refractivity contribution in [2.45, 2.75) is 32.6 Å². The highest BCUT2D eigenvalue weighted by Gasteiger charge is 2.53. The molecule has 0 radical (unpaired) electrons. The van der Waals surface area contributed by atoms with Gasteiger partial charge in [0.25, 0.3) is 0 Å². The average Bonchev–Trinajstić information content (AvgIpc) is 3.12. The molecular formula is C18H23NO2. The standard InChI is InChI=1S/C18H23NO2/c1-2-21-14-11-9-13(10-12-14)19-18(20)17-15-7-5-3-4-6-8-16(15)17/h3-4,9-12,15-17H,2,5-8H2,1H3,(H,19,20)/b4-3-/t15-,16+,17?. The van der Waals surface area contributed by atoms with Crippen LogP contribution in [0.2, 0.25) is 0 Å². The first-order valence-corrected chi connectivity index (χ1v) is 7.98. The third-order valence-corrected chi connectivity index (χ3v) is 4.57. The Balaban J connectivity index is 1.57. The van der Waals surface area contributed by atoms with E-state index in [4.69, 9.17) is 4.74 Å². The van der Waals surface area contributed by atoms with Crippen LogP contribution in [0, 0.1) is 17.8 Å². The number of carbonyl (C=O) groups excluding carboxylic acids is 1. The molecule has 3 rings (SSSR count). The van der Waals surface area contributed by atoms with Gasteiger partial charge in [-0.25, -0.2) is 0 Å². The smallest absolute Gasteiger partial charge is 0.228 e. The molecule has 2 aliphatic carbocycles. The Morgan fingerprint density at radius 3 is 2.33 bits per heavy atom. The number of amides is 1. The van der Waals surface area contributed by atoms with Crippen LogP contribution in [0.1, 0.15) is 32.6 Å². The zero-order valence-electron chi connectivity index (χ0n) is 12.5. The van der Waals surface area contributed by atoms with Crippen molar-refractivity contribution in [2.24, 2.45) is 17.8 Å². The predicted octanol–water partition coefficient (Wildman–Crippen LogP) is 4.02. The van der Waals surface area contributed by atoms with Crippen LogP contribution in [0.3, 0.4) is 0 Å². The van der Waals surface area contributed by atoms with E-state index in [9.17, 15) is 4.79 Å². The van der Waals surface area contributed by atoms with Crippen LogP contribution in [0.5, 0.6) is 5.75 Å². The van der Waals surface area contributed by atoms with E-state index in [0.29, 0.717) is 18.4 Å². The fourth-order valence-corrected chi connectivity index (χ4v) is 3.46. The molecule has 112 valence electrons. The maximum Gasteiger partial charge on any atom is 0.228 e. The van der Waals surface area contributed by atoms with E-state index >= 15 is 0 Å². The van der Waals surface area contributed by atoms with E-state index in [0.717, 1.165) is 37.1 Å². The van der Waals surface area contributed by atoms with E-state index < -0.39 is 0 Å². The van der Waals surface area contributed by atoms with Gasteiger partial charge in [0.05, 0.1) is 6.61 Å². The van der Waals surface area contributed by atoms with E-state index in [2.05, 4.69) is 17.5 Å². The molecule has 1 unspecified atom stereocenters. The second-order valence-electron chi connectivity index (χ2n) is 5.93. The normalized spacial score (nSPS) is 28.7. The molecule has 1 saturated carbocycles. The first-order chi connectivity index (χ1) is 10.3. The summed E-state index contributed by atoms with van der Waals surface area (Å²) < 4.78 is 5.41. The fourth-order valence-electron chi connectivity index (χ4n) is 3.46. The Morgan fingerprint density at radius 1 is 1.14 bits per heavy atom. The van der Waals surface area contributed by atoms with Crippen LogP contribution in [-0.2, 0) is 4.79 Å². The monoisotopic (exact) mass is 285 g/mol. The van der Waals surface area contributed by atoms with E-state index in [1.54, 1.807) is 0 Å². The summed E-state index contributed by atoms with van der Waals surface area (Å²) in [5, 5.41) is 3.06. The summed E-state index contributed by atoms with van der Waals surface area (Å²) in [5.41, 5.74) is 0.862. The Bertz CT molecular complexity index is 505. The largest absolute Gasteiger partial charge is 0.494 e. The van der Waals surface area contributed by atoms with Crippen LogP contribution in [0.15, 0.2) is 36.4 Å². The summed E-state index contributed by atoms with van der Waals surface area (Å²) in [4.78, 5) is 12.4. The Labute approximate surface area is 126 Å². The van der Waals surface area contributed by atoms with Crippen LogP contribution >= 0.6 is 0 Å². The lowest BCUT2D eigenvalue weighted by Gasteiger charge is -2.07. The van der Waals surface area contributed by atoms with Gasteiger partial charge in [0.2, 0.25) is 5.91 Å². The van der Waals surface area contributed by atoms with Gasteiger partial charge in [0.15, 0.2) is 0 Å². The first kappa shape index (κ1) is 14.2. The summed E-state index contributed by atoms with van der Waals surface area (Å²) >= 11 is 0. The molecule has 0 bridgehead atoms. The Morgan fingerprint density at radius 2 is 1.76 bits per heavy atom. The second kappa shape index (κ2) is 6.33. The van der Waals surface area contributed by atoms with Crippen molar-refractivity contribution in [3.05, 3.63) is 36.4 Å². The molecule has 0 saturated heterocycles. The Kier molecular flexibility index (Phi) is 4.28. The van der Waals surface area contributed by atoms with Gasteiger partial charge >= 0.3 is 0 Å². The number of anilines is 1. The van der Waals surface area contributed by atoms with Crippen molar-refractivity contribution in [2.75, 3.05) is 11.9 Å². The molecule has 1 aromatic carbocycles. The molecule has 1 fully saturated rings. The zero-order valence-corrected chi connectivity index (χ0v) is 12.5. The second-order valence-corrected chi connectivity index (χ2v) is 5.93. The number of carbonyl (C=O) groups is 1. The highest BCUT2D eigenvalue weighted by molar-refractivity contribution is 5.94. The molecule has 0 aromatic heterocycles. The molecule has 2 aliphatic rings. The summed E-state index contributed by atoms with van der Waals surface area (Å²) in [6.45, 7) is 2.62. The minimum Gasteiger partial charge on any atom is -0.494 e. The number of allylic oxidation sites excluding steroid dienone is 2. The van der Waals surface area contributed by atoms with Gasteiger partial charge in [-0.3, -0.25) is 4.79 Å². The number of benzene rings is 1. The van der Waals surface area contributed by atoms with Crippen molar-refractivity contribution in [3.8, 4) is 5.75 Å². The fraction of sp³-hybridized carbons (Fsp3) is 0.500. The summed E-state index contributed by atoms with van der Waals surface area (Å²) in [5.74, 6) is 2.44. The topological polar surface area (TPSA) is 38.3 Å². The molecule has 3 heteroatoms. The molecular weight excluding hydrogens is 262 g/mol. The number of nitrogens with one attached hydrogen (secondary N) is 1. The van der Waals surface area contributed by atoms with E-state index in [-0.39, 0.29) is 11.8 Å². The molecule has 1 N–H and O–H groups in total. The third kappa shape index (κ3) is 3.29. The summed E-state index contributed by atoms with van der Waals surface area (Å²) in [6.07, 6.45) is 9.07. The first-order valence-electron chi connectivity index (χ1n) is 7.98. The average molecular weight is 285 g/mol. The number of fused-ring (bicyclic) bond motifs is 1. The molecule has 21 heavy (non-hydrogen) atoms. The molecule has 0 heterocycles. The SMILES string of the molecule is CCOc1ccc(NC(=O)C2[C@H]3CC/C=C\CC[C@@H]23)cc1. The van der Waals surface area contributed by atoms with Gasteiger partial charge in [-0.15, -0.1) is 0 Å². The van der Waals surface area contributed by atoms with Crippen molar-refractivity contribution in [1.82, 2.24) is 0 Å².